The molecule has 0 aromatic rings. The Morgan fingerprint density at radius 2 is 2.09 bits per heavy atom. The van der Waals surface area contributed by atoms with Crippen molar-refractivity contribution in [3.8, 4) is 0 Å². The maximum atomic E-state index is 10.5. The third-order valence-electron chi connectivity index (χ3n) is 1.03. The molecule has 0 heterocycles. The van der Waals surface area contributed by atoms with E-state index in [1.165, 1.54) is 19.2 Å². The van der Waals surface area contributed by atoms with Crippen LogP contribution >= 0.6 is 0 Å². The van der Waals surface area contributed by atoms with E-state index in [4.69, 9.17) is 11.5 Å². The van der Waals surface area contributed by atoms with Gasteiger partial charge < -0.3 is 11.5 Å². The molecule has 4 N–H and O–H groups in total. The van der Waals surface area contributed by atoms with Crippen molar-refractivity contribution in [3.05, 3.63) is 24.4 Å². The summed E-state index contributed by atoms with van der Waals surface area (Å²) in [6.45, 7) is 3.41. The monoisotopic (exact) mass is 153 g/mol. The van der Waals surface area contributed by atoms with Crippen LogP contribution in [0.25, 0.3) is 0 Å². The van der Waals surface area contributed by atoms with Crippen molar-refractivity contribution in [2.75, 3.05) is 7.05 Å². The van der Waals surface area contributed by atoms with E-state index in [9.17, 15) is 4.79 Å². The second kappa shape index (κ2) is 4.27. The van der Waals surface area contributed by atoms with Gasteiger partial charge in [-0.25, -0.2) is 0 Å². The Balaban J connectivity index is 4.57. The summed E-state index contributed by atoms with van der Waals surface area (Å²) in [6, 6.07) is 0. The van der Waals surface area contributed by atoms with Gasteiger partial charge in [-0.15, -0.1) is 0 Å². The van der Waals surface area contributed by atoms with Crippen molar-refractivity contribution >= 4 is 11.6 Å². The number of nitrogens with two attached hydrogens (primary N) is 2. The van der Waals surface area contributed by atoms with Crippen LogP contribution in [0, 0.1) is 0 Å². The van der Waals surface area contributed by atoms with Gasteiger partial charge in [0.05, 0.1) is 0 Å². The fraction of sp³-hybridized carbons (Fsp3) is 0.143. The molecule has 0 saturated carbocycles. The van der Waals surface area contributed by atoms with Gasteiger partial charge in [0, 0.05) is 12.7 Å². The number of hydrogen-bond acceptors (Lipinski definition) is 3. The standard InChI is InChI=1S/C7H11N3O/c1-3-5(8)4-6(10-2)7(9)11/h3-4H,1,8H2,2H3,(H2,9,11). The lowest BCUT2D eigenvalue weighted by Crippen LogP contribution is -2.22. The topological polar surface area (TPSA) is 81.5 Å². The van der Waals surface area contributed by atoms with Gasteiger partial charge in [-0.3, -0.25) is 9.79 Å². The summed E-state index contributed by atoms with van der Waals surface area (Å²) >= 11 is 0. The zero-order chi connectivity index (χ0) is 8.85. The molecule has 4 heteroatoms. The molecule has 4 nitrogen and oxygen atoms in total. The molecule has 0 aliphatic heterocycles. The summed E-state index contributed by atoms with van der Waals surface area (Å²) in [5.41, 5.74) is 10.8. The van der Waals surface area contributed by atoms with Crippen LogP contribution in [0.1, 0.15) is 0 Å². The molecule has 0 unspecified atom stereocenters. The molecule has 0 rings (SSSR count). The Kier molecular flexibility index (Phi) is 3.66. The predicted octanol–water partition coefficient (Wildman–Crippen LogP) is -0.429. The van der Waals surface area contributed by atoms with Gasteiger partial charge in [-0.2, -0.15) is 0 Å². The van der Waals surface area contributed by atoms with Gasteiger partial charge in [0.15, 0.2) is 0 Å². The number of rotatable bonds is 3. The van der Waals surface area contributed by atoms with Crippen LogP contribution < -0.4 is 11.5 Å². The average Bonchev–Trinajstić information content (AvgIpc) is 1.99. The average molecular weight is 153 g/mol. The van der Waals surface area contributed by atoms with Crippen molar-refractivity contribution in [3.63, 3.8) is 0 Å². The summed E-state index contributed by atoms with van der Waals surface area (Å²) < 4.78 is 0. The third kappa shape index (κ3) is 3.20. The molecule has 0 spiro atoms. The lowest BCUT2D eigenvalue weighted by Gasteiger charge is -1.93. The van der Waals surface area contributed by atoms with E-state index in [0.29, 0.717) is 5.70 Å². The van der Waals surface area contributed by atoms with Crippen molar-refractivity contribution in [2.24, 2.45) is 16.5 Å². The zero-order valence-electron chi connectivity index (χ0n) is 6.37. The quantitative estimate of drug-likeness (QED) is 0.426. The zero-order valence-corrected chi connectivity index (χ0v) is 6.37. The summed E-state index contributed by atoms with van der Waals surface area (Å²) in [5.74, 6) is -0.600. The molecule has 0 aliphatic carbocycles. The Morgan fingerprint density at radius 3 is 2.36 bits per heavy atom. The molecule has 11 heavy (non-hydrogen) atoms. The van der Waals surface area contributed by atoms with Gasteiger partial charge in [-0.05, 0) is 12.2 Å². The number of carbonyl (C=O) groups excluding carboxylic acids is 1. The highest BCUT2D eigenvalue weighted by Crippen LogP contribution is 1.87. The number of nitrogens with zero attached hydrogens (tertiary/aromatic N) is 1. The predicted molar refractivity (Wildman–Crippen MR) is 45.0 cm³/mol. The fourth-order valence-electron chi connectivity index (χ4n) is 0.463. The SMILES string of the molecule is C=CC(N)=CC(=NC)C(N)=O. The third-order valence-corrected chi connectivity index (χ3v) is 1.03. The van der Waals surface area contributed by atoms with Crippen LogP contribution in [0.2, 0.25) is 0 Å². The van der Waals surface area contributed by atoms with Crippen molar-refractivity contribution in [1.82, 2.24) is 0 Å². The molecule has 0 aromatic heterocycles. The summed E-state index contributed by atoms with van der Waals surface area (Å²) in [6.07, 6.45) is 2.78. The van der Waals surface area contributed by atoms with E-state index in [0.717, 1.165) is 0 Å². The first kappa shape index (κ1) is 9.42. The molecular weight excluding hydrogens is 142 g/mol. The second-order valence-electron chi connectivity index (χ2n) is 1.82. The number of primary amides is 1. The maximum absolute atomic E-state index is 10.5. The van der Waals surface area contributed by atoms with Crippen LogP contribution in [-0.2, 0) is 4.79 Å². The fourth-order valence-corrected chi connectivity index (χ4v) is 0.463. The number of allylic oxidation sites excluding steroid dienone is 1. The molecular formula is C7H11N3O. The van der Waals surface area contributed by atoms with Crippen molar-refractivity contribution < 1.29 is 4.79 Å². The summed E-state index contributed by atoms with van der Waals surface area (Å²) in [4.78, 5) is 14.2. The number of hydrogen-bond donors (Lipinski definition) is 2. The molecule has 0 saturated heterocycles. The second-order valence-corrected chi connectivity index (χ2v) is 1.82. The molecule has 1 amide bonds. The van der Waals surface area contributed by atoms with E-state index in [-0.39, 0.29) is 5.71 Å². The first-order valence-corrected chi connectivity index (χ1v) is 2.98. The van der Waals surface area contributed by atoms with Crippen LogP contribution in [-0.4, -0.2) is 18.7 Å². The van der Waals surface area contributed by atoms with E-state index < -0.39 is 5.91 Å². The minimum Gasteiger partial charge on any atom is -0.399 e. The van der Waals surface area contributed by atoms with Gasteiger partial charge in [0.1, 0.15) is 5.71 Å². The smallest absolute Gasteiger partial charge is 0.266 e. The van der Waals surface area contributed by atoms with Crippen LogP contribution in [0.3, 0.4) is 0 Å². The molecule has 0 atom stereocenters. The van der Waals surface area contributed by atoms with Gasteiger partial charge in [0.25, 0.3) is 5.91 Å². The summed E-state index contributed by atoms with van der Waals surface area (Å²) in [7, 11) is 1.47. The van der Waals surface area contributed by atoms with Crippen molar-refractivity contribution in [2.45, 2.75) is 0 Å². The normalized spacial score (nSPS) is 12.8. The highest BCUT2D eigenvalue weighted by atomic mass is 16.1. The molecule has 0 bridgehead atoms. The lowest BCUT2D eigenvalue weighted by molar-refractivity contribution is -0.111. The van der Waals surface area contributed by atoms with Crippen LogP contribution in [0.15, 0.2) is 29.4 Å². The highest BCUT2D eigenvalue weighted by molar-refractivity contribution is 6.42. The molecule has 0 aliphatic rings. The number of carbonyl (C=O) groups is 1. The summed E-state index contributed by atoms with van der Waals surface area (Å²) in [5, 5.41) is 0. The Morgan fingerprint density at radius 1 is 1.55 bits per heavy atom. The largest absolute Gasteiger partial charge is 0.399 e. The first-order valence-electron chi connectivity index (χ1n) is 2.98. The maximum Gasteiger partial charge on any atom is 0.266 e. The Bertz CT molecular complexity index is 228. The number of aliphatic imine (C=N–C) groups is 1. The van der Waals surface area contributed by atoms with E-state index >= 15 is 0 Å². The van der Waals surface area contributed by atoms with Gasteiger partial charge in [0.2, 0.25) is 0 Å². The molecule has 0 radical (unpaired) electrons. The molecule has 60 valence electrons. The number of amides is 1. The lowest BCUT2D eigenvalue weighted by atomic mass is 10.3. The molecule has 0 aromatic carbocycles. The van der Waals surface area contributed by atoms with E-state index in [2.05, 4.69) is 11.6 Å². The van der Waals surface area contributed by atoms with Gasteiger partial charge in [-0.1, -0.05) is 6.58 Å². The van der Waals surface area contributed by atoms with E-state index in [1.807, 2.05) is 0 Å². The van der Waals surface area contributed by atoms with Crippen LogP contribution in [0.5, 0.6) is 0 Å². The first-order chi connectivity index (χ1) is 5.11. The van der Waals surface area contributed by atoms with Crippen LogP contribution in [0.4, 0.5) is 0 Å². The Hall–Kier alpha value is -1.58. The molecule has 0 fully saturated rings. The van der Waals surface area contributed by atoms with Gasteiger partial charge >= 0.3 is 0 Å². The van der Waals surface area contributed by atoms with E-state index in [1.54, 1.807) is 0 Å². The minimum absolute atomic E-state index is 0.141. The minimum atomic E-state index is -0.600. The Labute approximate surface area is 65.3 Å². The highest BCUT2D eigenvalue weighted by Gasteiger charge is 2.00. The van der Waals surface area contributed by atoms with Crippen molar-refractivity contribution in [1.29, 1.82) is 0 Å².